The molecule has 1 aromatic heterocycles. The molecule has 140 valence electrons. The minimum atomic E-state index is -0.357. The van der Waals surface area contributed by atoms with Crippen LogP contribution in [-0.2, 0) is 4.79 Å². The highest BCUT2D eigenvalue weighted by molar-refractivity contribution is 6.05. The van der Waals surface area contributed by atoms with Crippen LogP contribution in [0.3, 0.4) is 0 Å². The normalized spacial score (nSPS) is 14.0. The predicted octanol–water partition coefficient (Wildman–Crippen LogP) is 1.86. The summed E-state index contributed by atoms with van der Waals surface area (Å²) in [5.74, 6) is -0.521. The molecular formula is C20H22N4O3. The molecule has 0 unspecified atom stereocenters. The van der Waals surface area contributed by atoms with E-state index >= 15 is 0 Å². The number of pyridine rings is 1. The summed E-state index contributed by atoms with van der Waals surface area (Å²) in [6.45, 7) is 5.90. The second kappa shape index (κ2) is 7.99. The highest BCUT2D eigenvalue weighted by Crippen LogP contribution is 2.19. The lowest BCUT2D eigenvalue weighted by Crippen LogP contribution is -2.48. The number of carbonyl (C=O) groups excluding carboxylic acids is 3. The first-order valence-electron chi connectivity index (χ1n) is 8.82. The van der Waals surface area contributed by atoms with Crippen LogP contribution in [0.1, 0.15) is 32.0 Å². The molecule has 0 aliphatic carbocycles. The lowest BCUT2D eigenvalue weighted by atomic mass is 10.1. The molecule has 1 aliphatic rings. The van der Waals surface area contributed by atoms with Crippen molar-refractivity contribution in [1.82, 2.24) is 14.8 Å². The molecule has 0 atom stereocenters. The second-order valence-electron chi connectivity index (χ2n) is 6.56. The van der Waals surface area contributed by atoms with Gasteiger partial charge in [-0.3, -0.25) is 19.4 Å². The molecule has 2 heterocycles. The second-order valence-corrected chi connectivity index (χ2v) is 6.56. The smallest absolute Gasteiger partial charge is 0.274 e. The average Bonchev–Trinajstić information content (AvgIpc) is 2.71. The molecule has 1 aromatic carbocycles. The van der Waals surface area contributed by atoms with Gasteiger partial charge in [0.15, 0.2) is 0 Å². The Morgan fingerprint density at radius 2 is 1.85 bits per heavy atom. The van der Waals surface area contributed by atoms with Crippen LogP contribution in [0.25, 0.3) is 0 Å². The van der Waals surface area contributed by atoms with Crippen LogP contribution in [0.4, 0.5) is 5.69 Å². The number of rotatable bonds is 4. The van der Waals surface area contributed by atoms with E-state index in [2.05, 4.69) is 10.3 Å². The third kappa shape index (κ3) is 4.13. The first-order chi connectivity index (χ1) is 13.0. The number of amides is 3. The fourth-order valence-corrected chi connectivity index (χ4v) is 2.97. The third-order valence-corrected chi connectivity index (χ3v) is 4.84. The maximum Gasteiger partial charge on any atom is 0.274 e. The van der Waals surface area contributed by atoms with Gasteiger partial charge in [0, 0.05) is 43.6 Å². The number of aromatic nitrogens is 1. The van der Waals surface area contributed by atoms with E-state index in [9.17, 15) is 14.4 Å². The van der Waals surface area contributed by atoms with Crippen LogP contribution in [-0.4, -0.2) is 59.2 Å². The standard InChI is InChI=1S/C20H22N4O3/c1-14-4-3-5-17(15(14)2)22-19(26)18-12-16(6-7-21-18)20(27)24-10-8-23(13-25)9-11-24/h3-7,12-13H,8-11H2,1-2H3,(H,22,26). The van der Waals surface area contributed by atoms with Crippen LogP contribution < -0.4 is 5.32 Å². The zero-order valence-corrected chi connectivity index (χ0v) is 15.4. The fraction of sp³-hybridized carbons (Fsp3) is 0.300. The zero-order chi connectivity index (χ0) is 19.4. The number of aryl methyl sites for hydroxylation is 1. The SMILES string of the molecule is Cc1cccc(NC(=O)c2cc(C(=O)N3CCN(C=O)CC3)ccn2)c1C. The number of anilines is 1. The Hall–Kier alpha value is -3.22. The van der Waals surface area contributed by atoms with E-state index in [0.717, 1.165) is 23.2 Å². The number of carbonyl (C=O) groups is 3. The van der Waals surface area contributed by atoms with Gasteiger partial charge in [-0.15, -0.1) is 0 Å². The molecule has 1 fully saturated rings. The average molecular weight is 366 g/mol. The van der Waals surface area contributed by atoms with E-state index in [1.165, 1.54) is 12.3 Å². The van der Waals surface area contributed by atoms with Crippen molar-refractivity contribution in [2.45, 2.75) is 13.8 Å². The van der Waals surface area contributed by atoms with Gasteiger partial charge >= 0.3 is 0 Å². The third-order valence-electron chi connectivity index (χ3n) is 4.84. The minimum absolute atomic E-state index is 0.163. The van der Waals surface area contributed by atoms with Crippen molar-refractivity contribution in [3.05, 3.63) is 58.9 Å². The van der Waals surface area contributed by atoms with Gasteiger partial charge in [-0.05, 0) is 43.2 Å². The Labute approximate surface area is 158 Å². The summed E-state index contributed by atoms with van der Waals surface area (Å²) in [5.41, 5.74) is 3.40. The fourth-order valence-electron chi connectivity index (χ4n) is 2.97. The van der Waals surface area contributed by atoms with Gasteiger partial charge in [-0.1, -0.05) is 12.1 Å². The predicted molar refractivity (Wildman–Crippen MR) is 102 cm³/mol. The Bertz CT molecular complexity index is 873. The molecule has 3 rings (SSSR count). The van der Waals surface area contributed by atoms with E-state index < -0.39 is 0 Å². The van der Waals surface area contributed by atoms with Crippen molar-refractivity contribution in [1.29, 1.82) is 0 Å². The molecule has 3 amide bonds. The van der Waals surface area contributed by atoms with Gasteiger partial charge in [0.25, 0.3) is 11.8 Å². The Morgan fingerprint density at radius 1 is 1.11 bits per heavy atom. The lowest BCUT2D eigenvalue weighted by molar-refractivity contribution is -0.119. The Morgan fingerprint density at radius 3 is 2.56 bits per heavy atom. The van der Waals surface area contributed by atoms with Crippen molar-refractivity contribution in [3.63, 3.8) is 0 Å². The first-order valence-corrected chi connectivity index (χ1v) is 8.82. The van der Waals surface area contributed by atoms with E-state index in [1.807, 2.05) is 32.0 Å². The number of piperazine rings is 1. The van der Waals surface area contributed by atoms with Crippen molar-refractivity contribution in [2.24, 2.45) is 0 Å². The summed E-state index contributed by atoms with van der Waals surface area (Å²) < 4.78 is 0. The van der Waals surface area contributed by atoms with E-state index in [1.54, 1.807) is 15.9 Å². The molecule has 1 aliphatic heterocycles. The lowest BCUT2D eigenvalue weighted by Gasteiger charge is -2.32. The maximum absolute atomic E-state index is 12.7. The Balaban J connectivity index is 1.73. The van der Waals surface area contributed by atoms with Gasteiger partial charge < -0.3 is 15.1 Å². The number of hydrogen-bond acceptors (Lipinski definition) is 4. The van der Waals surface area contributed by atoms with Gasteiger partial charge in [0.05, 0.1) is 0 Å². The van der Waals surface area contributed by atoms with Crippen molar-refractivity contribution < 1.29 is 14.4 Å². The summed E-state index contributed by atoms with van der Waals surface area (Å²) in [6, 6.07) is 8.80. The summed E-state index contributed by atoms with van der Waals surface area (Å²) in [7, 11) is 0. The number of hydrogen-bond donors (Lipinski definition) is 1. The van der Waals surface area contributed by atoms with Crippen molar-refractivity contribution >= 4 is 23.9 Å². The van der Waals surface area contributed by atoms with Crippen LogP contribution >= 0.6 is 0 Å². The van der Waals surface area contributed by atoms with E-state index in [-0.39, 0.29) is 17.5 Å². The van der Waals surface area contributed by atoms with Gasteiger partial charge in [0.2, 0.25) is 6.41 Å². The molecular weight excluding hydrogens is 344 g/mol. The summed E-state index contributed by atoms with van der Waals surface area (Å²) in [4.78, 5) is 43.5. The van der Waals surface area contributed by atoms with Crippen LogP contribution in [0.2, 0.25) is 0 Å². The maximum atomic E-state index is 12.7. The Kier molecular flexibility index (Phi) is 5.49. The number of nitrogens with one attached hydrogen (secondary N) is 1. The van der Waals surface area contributed by atoms with Crippen molar-refractivity contribution in [3.8, 4) is 0 Å². The highest BCUT2D eigenvalue weighted by Gasteiger charge is 2.22. The van der Waals surface area contributed by atoms with Gasteiger partial charge in [0.1, 0.15) is 5.69 Å². The molecule has 0 spiro atoms. The summed E-state index contributed by atoms with van der Waals surface area (Å²) in [6.07, 6.45) is 2.26. The molecule has 1 saturated heterocycles. The van der Waals surface area contributed by atoms with Crippen molar-refractivity contribution in [2.75, 3.05) is 31.5 Å². The van der Waals surface area contributed by atoms with Gasteiger partial charge in [-0.2, -0.15) is 0 Å². The molecule has 0 saturated carbocycles. The van der Waals surface area contributed by atoms with Gasteiger partial charge in [-0.25, -0.2) is 0 Å². The topological polar surface area (TPSA) is 82.6 Å². The first kappa shape index (κ1) is 18.6. The molecule has 1 N–H and O–H groups in total. The molecule has 0 radical (unpaired) electrons. The molecule has 27 heavy (non-hydrogen) atoms. The van der Waals surface area contributed by atoms with E-state index in [4.69, 9.17) is 0 Å². The minimum Gasteiger partial charge on any atom is -0.342 e. The quantitative estimate of drug-likeness (QED) is 0.838. The van der Waals surface area contributed by atoms with Crippen LogP contribution in [0, 0.1) is 13.8 Å². The largest absolute Gasteiger partial charge is 0.342 e. The van der Waals surface area contributed by atoms with Crippen LogP contribution in [0.15, 0.2) is 36.5 Å². The number of benzene rings is 1. The molecule has 2 aromatic rings. The highest BCUT2D eigenvalue weighted by atomic mass is 16.2. The molecule has 0 bridgehead atoms. The summed E-state index contributed by atoms with van der Waals surface area (Å²) >= 11 is 0. The zero-order valence-electron chi connectivity index (χ0n) is 15.4. The van der Waals surface area contributed by atoms with E-state index in [0.29, 0.717) is 31.7 Å². The summed E-state index contributed by atoms with van der Waals surface area (Å²) in [5, 5.41) is 2.85. The molecule has 7 heteroatoms. The van der Waals surface area contributed by atoms with Crippen LogP contribution in [0.5, 0.6) is 0 Å². The number of nitrogens with zero attached hydrogens (tertiary/aromatic N) is 3. The molecule has 7 nitrogen and oxygen atoms in total. The monoisotopic (exact) mass is 366 g/mol.